The molecule has 1 atom stereocenters. The van der Waals surface area contributed by atoms with Crippen LogP contribution in [0.1, 0.15) is 118 Å². The van der Waals surface area contributed by atoms with Gasteiger partial charge in [0.05, 0.1) is 18.4 Å². The maximum absolute atomic E-state index is 12.9. The van der Waals surface area contributed by atoms with Gasteiger partial charge in [-0.05, 0) is 122 Å². The highest BCUT2D eigenvalue weighted by atomic mass is 16.5. The zero-order valence-corrected chi connectivity index (χ0v) is 23.1. The van der Waals surface area contributed by atoms with Gasteiger partial charge in [0.15, 0.2) is 0 Å². The van der Waals surface area contributed by atoms with Crippen molar-refractivity contribution in [2.75, 3.05) is 6.61 Å². The van der Waals surface area contributed by atoms with Crippen LogP contribution < -0.4 is 5.32 Å². The molecule has 200 valence electrons. The second-order valence-electron chi connectivity index (χ2n) is 13.8. The molecule has 0 amide bonds. The molecule has 1 aliphatic heterocycles. The summed E-state index contributed by atoms with van der Waals surface area (Å²) >= 11 is 0. The summed E-state index contributed by atoms with van der Waals surface area (Å²) in [6.45, 7) is 11.3. The summed E-state index contributed by atoms with van der Waals surface area (Å²) in [6.07, 6.45) is 14.7. The first kappa shape index (κ1) is 26.9. The van der Waals surface area contributed by atoms with Crippen LogP contribution in [0.2, 0.25) is 0 Å². The van der Waals surface area contributed by atoms with Gasteiger partial charge in [0, 0.05) is 11.1 Å². The van der Waals surface area contributed by atoms with Crippen LogP contribution in [-0.2, 0) is 19.1 Å². The molecule has 4 rings (SSSR count). The first-order valence-corrected chi connectivity index (χ1v) is 14.7. The standard InChI is InChI=1S/C30H51NO4/c1-20-6-10-22(11-7-20)23-14-16-25(17-15-23)35-27(32)24-12-8-21(9-13-24)19-34-28(33)26-18-29(2,3)31-30(26,4)5/h20-26,31H,6-19H2,1-5H3. The molecule has 1 N–H and O–H groups in total. The Morgan fingerprint density at radius 1 is 0.771 bits per heavy atom. The highest BCUT2D eigenvalue weighted by Gasteiger charge is 2.48. The molecule has 5 nitrogen and oxygen atoms in total. The molecule has 0 spiro atoms. The highest BCUT2D eigenvalue weighted by molar-refractivity contribution is 5.75. The third-order valence-corrected chi connectivity index (χ3v) is 9.90. The van der Waals surface area contributed by atoms with Gasteiger partial charge >= 0.3 is 11.9 Å². The quantitative estimate of drug-likeness (QED) is 0.436. The van der Waals surface area contributed by atoms with Crippen LogP contribution in [0.4, 0.5) is 0 Å². The minimum atomic E-state index is -0.240. The minimum Gasteiger partial charge on any atom is -0.465 e. The van der Waals surface area contributed by atoms with E-state index in [9.17, 15) is 9.59 Å². The van der Waals surface area contributed by atoms with Crippen LogP contribution in [0.3, 0.4) is 0 Å². The van der Waals surface area contributed by atoms with Gasteiger partial charge in [0.2, 0.25) is 0 Å². The average molecular weight is 490 g/mol. The topological polar surface area (TPSA) is 64.6 Å². The van der Waals surface area contributed by atoms with Gasteiger partial charge in [-0.25, -0.2) is 0 Å². The summed E-state index contributed by atoms with van der Waals surface area (Å²) in [7, 11) is 0. The molecule has 4 aliphatic rings. The second kappa shape index (κ2) is 11.1. The van der Waals surface area contributed by atoms with E-state index in [-0.39, 0.29) is 41.0 Å². The SMILES string of the molecule is CC1CCC(C2CCC(OC(=O)C3CCC(COC(=O)C4CC(C)(C)NC4(C)C)CC3)CC2)CC1. The Morgan fingerprint density at radius 2 is 1.34 bits per heavy atom. The molecule has 35 heavy (non-hydrogen) atoms. The van der Waals surface area contributed by atoms with Gasteiger partial charge in [-0.3, -0.25) is 9.59 Å². The van der Waals surface area contributed by atoms with Gasteiger partial charge in [-0.2, -0.15) is 0 Å². The average Bonchev–Trinajstić information content (AvgIpc) is 3.05. The lowest BCUT2D eigenvalue weighted by Crippen LogP contribution is -2.46. The fourth-order valence-corrected chi connectivity index (χ4v) is 7.71. The van der Waals surface area contributed by atoms with Crippen molar-refractivity contribution >= 4 is 11.9 Å². The van der Waals surface area contributed by atoms with Crippen molar-refractivity contribution in [1.29, 1.82) is 0 Å². The highest BCUT2D eigenvalue weighted by Crippen LogP contribution is 2.41. The number of nitrogens with one attached hydrogen (secondary N) is 1. The lowest BCUT2D eigenvalue weighted by molar-refractivity contribution is -0.159. The summed E-state index contributed by atoms with van der Waals surface area (Å²) in [5, 5.41) is 3.56. The normalized spacial score (nSPS) is 39.1. The van der Waals surface area contributed by atoms with E-state index in [0.29, 0.717) is 12.5 Å². The van der Waals surface area contributed by atoms with Crippen molar-refractivity contribution < 1.29 is 19.1 Å². The third-order valence-electron chi connectivity index (χ3n) is 9.90. The predicted molar refractivity (Wildman–Crippen MR) is 139 cm³/mol. The maximum Gasteiger partial charge on any atom is 0.310 e. The van der Waals surface area contributed by atoms with E-state index in [2.05, 4.69) is 39.9 Å². The summed E-state index contributed by atoms with van der Waals surface area (Å²) in [5.41, 5.74) is -0.282. The third kappa shape index (κ3) is 7.02. The van der Waals surface area contributed by atoms with E-state index in [0.717, 1.165) is 62.7 Å². The van der Waals surface area contributed by atoms with E-state index < -0.39 is 0 Å². The Hall–Kier alpha value is -1.10. The van der Waals surface area contributed by atoms with Gasteiger partial charge in [0.1, 0.15) is 6.10 Å². The van der Waals surface area contributed by atoms with Gasteiger partial charge < -0.3 is 14.8 Å². The van der Waals surface area contributed by atoms with Crippen molar-refractivity contribution in [3.63, 3.8) is 0 Å². The molecule has 0 aromatic heterocycles. The molecule has 4 fully saturated rings. The summed E-state index contributed by atoms with van der Waals surface area (Å²) in [4.78, 5) is 25.6. The number of esters is 2. The Kier molecular flexibility index (Phi) is 8.55. The zero-order chi connectivity index (χ0) is 25.2. The van der Waals surface area contributed by atoms with Crippen LogP contribution in [0, 0.1) is 35.5 Å². The molecular formula is C30H51NO4. The van der Waals surface area contributed by atoms with E-state index >= 15 is 0 Å². The van der Waals surface area contributed by atoms with Crippen molar-refractivity contribution in [2.45, 2.75) is 135 Å². The van der Waals surface area contributed by atoms with Crippen molar-refractivity contribution in [1.82, 2.24) is 5.32 Å². The maximum atomic E-state index is 12.9. The molecule has 0 aromatic rings. The molecule has 3 aliphatic carbocycles. The Balaban J connectivity index is 1.13. The van der Waals surface area contributed by atoms with Crippen LogP contribution in [-0.4, -0.2) is 35.7 Å². The smallest absolute Gasteiger partial charge is 0.310 e. The van der Waals surface area contributed by atoms with E-state index in [1.165, 1.54) is 38.5 Å². The molecule has 0 bridgehead atoms. The minimum absolute atomic E-state index is 0.0244. The van der Waals surface area contributed by atoms with Gasteiger partial charge in [-0.1, -0.05) is 19.8 Å². The van der Waals surface area contributed by atoms with Crippen molar-refractivity contribution in [2.24, 2.45) is 35.5 Å². The number of carbonyl (C=O) groups is 2. The first-order chi connectivity index (χ1) is 16.5. The molecule has 0 radical (unpaired) electrons. The van der Waals surface area contributed by atoms with Gasteiger partial charge in [-0.15, -0.1) is 0 Å². The summed E-state index contributed by atoms with van der Waals surface area (Å²) < 4.78 is 11.8. The van der Waals surface area contributed by atoms with E-state index in [4.69, 9.17) is 9.47 Å². The molecule has 0 aromatic carbocycles. The Bertz CT molecular complexity index is 723. The number of hydrogen-bond donors (Lipinski definition) is 1. The second-order valence-corrected chi connectivity index (χ2v) is 13.8. The van der Waals surface area contributed by atoms with Crippen LogP contribution >= 0.6 is 0 Å². The number of rotatable bonds is 6. The van der Waals surface area contributed by atoms with E-state index in [1.54, 1.807) is 0 Å². The zero-order valence-electron chi connectivity index (χ0n) is 23.1. The molecule has 1 unspecified atom stereocenters. The van der Waals surface area contributed by atoms with Crippen LogP contribution in [0.5, 0.6) is 0 Å². The van der Waals surface area contributed by atoms with E-state index in [1.807, 2.05) is 0 Å². The fraction of sp³-hybridized carbons (Fsp3) is 0.933. The molecule has 1 saturated heterocycles. The summed E-state index contributed by atoms with van der Waals surface area (Å²) in [6, 6.07) is 0. The largest absolute Gasteiger partial charge is 0.465 e. The van der Waals surface area contributed by atoms with Crippen LogP contribution in [0.25, 0.3) is 0 Å². The number of hydrogen-bond acceptors (Lipinski definition) is 5. The molecule has 3 saturated carbocycles. The Morgan fingerprint density at radius 3 is 1.89 bits per heavy atom. The predicted octanol–water partition coefficient (Wildman–Crippen LogP) is 6.43. The fourth-order valence-electron chi connectivity index (χ4n) is 7.71. The molecule has 5 heteroatoms. The summed E-state index contributed by atoms with van der Waals surface area (Å²) in [5.74, 6) is 2.90. The number of carbonyl (C=O) groups excluding carboxylic acids is 2. The van der Waals surface area contributed by atoms with Gasteiger partial charge in [0.25, 0.3) is 0 Å². The Labute approximate surface area is 213 Å². The lowest BCUT2D eigenvalue weighted by Gasteiger charge is -2.37. The molecule has 1 heterocycles. The van der Waals surface area contributed by atoms with Crippen LogP contribution in [0.15, 0.2) is 0 Å². The monoisotopic (exact) mass is 489 g/mol. The van der Waals surface area contributed by atoms with Crippen molar-refractivity contribution in [3.8, 4) is 0 Å². The molecular weight excluding hydrogens is 438 g/mol. The first-order valence-electron chi connectivity index (χ1n) is 14.7. The lowest BCUT2D eigenvalue weighted by atomic mass is 9.71. The van der Waals surface area contributed by atoms with Crippen molar-refractivity contribution in [3.05, 3.63) is 0 Å². The number of ether oxygens (including phenoxy) is 2.